The molecule has 0 aromatic carbocycles. The number of hydrogen-bond donors (Lipinski definition) is 3. The molecule has 2 fully saturated rings. The number of nitrogens with zero attached hydrogens (tertiary/aromatic N) is 1. The highest BCUT2D eigenvalue weighted by Crippen LogP contribution is 2.22. The summed E-state index contributed by atoms with van der Waals surface area (Å²) in [5, 5.41) is 2.66. The summed E-state index contributed by atoms with van der Waals surface area (Å²) < 4.78 is 30.4. The molecule has 0 saturated carbocycles. The first-order valence-electron chi connectivity index (χ1n) is 8.00. The van der Waals surface area contributed by atoms with E-state index in [0.29, 0.717) is 0 Å². The van der Waals surface area contributed by atoms with Gasteiger partial charge in [-0.2, -0.15) is 0 Å². The molecule has 8 nitrogen and oxygen atoms in total. The van der Waals surface area contributed by atoms with Crippen molar-refractivity contribution in [3.8, 4) is 0 Å². The number of nitrogens with two attached hydrogens (primary N) is 2. The molecule has 0 aromatic rings. The van der Waals surface area contributed by atoms with Crippen LogP contribution in [0.15, 0.2) is 0 Å². The van der Waals surface area contributed by atoms with Crippen molar-refractivity contribution in [2.45, 2.75) is 63.6 Å². The molecule has 3 amide bonds. The molecule has 2 aliphatic heterocycles. The molecule has 0 radical (unpaired) electrons. The highest BCUT2D eigenvalue weighted by molar-refractivity contribution is 5.85. The molecule has 5 N–H and O–H groups in total. The van der Waals surface area contributed by atoms with E-state index >= 15 is 0 Å². The molecule has 2 aliphatic rings. The minimum atomic E-state index is -1.22. The summed E-state index contributed by atoms with van der Waals surface area (Å²) in [4.78, 5) is 34.1. The van der Waals surface area contributed by atoms with Crippen LogP contribution in [0.25, 0.3) is 0 Å². The zero-order chi connectivity index (χ0) is 19.4. The summed E-state index contributed by atoms with van der Waals surface area (Å²) in [6, 6.07) is -1.34. The van der Waals surface area contributed by atoms with E-state index in [2.05, 4.69) is 5.32 Å². The van der Waals surface area contributed by atoms with Crippen LogP contribution in [0, 0.1) is 0 Å². The SMILES string of the molecule is CC(C)(C)OC(=O)N1C[C@@H](F)C[C@H]1C(N)=O.Cl.NC(=O)[C@@H]1C[C@H](F)CN1. The maximum absolute atomic E-state index is 13.1. The van der Waals surface area contributed by atoms with Gasteiger partial charge in [0.2, 0.25) is 11.8 Å². The van der Waals surface area contributed by atoms with Gasteiger partial charge in [0.25, 0.3) is 0 Å². The minimum Gasteiger partial charge on any atom is -0.444 e. The third-order valence-corrected chi connectivity index (χ3v) is 3.63. The fourth-order valence-electron chi connectivity index (χ4n) is 2.49. The lowest BCUT2D eigenvalue weighted by Gasteiger charge is -2.26. The molecule has 0 bridgehead atoms. The van der Waals surface area contributed by atoms with E-state index in [1.165, 1.54) is 0 Å². The molecule has 0 unspecified atom stereocenters. The summed E-state index contributed by atoms with van der Waals surface area (Å²) in [6.07, 6.45) is -2.63. The molecular weight excluding hydrogens is 374 g/mol. The number of halogens is 3. The van der Waals surface area contributed by atoms with Crippen molar-refractivity contribution >= 4 is 30.3 Å². The molecule has 2 saturated heterocycles. The van der Waals surface area contributed by atoms with Crippen LogP contribution in [-0.4, -0.2) is 65.9 Å². The number of amides is 3. The number of alkyl halides is 2. The van der Waals surface area contributed by atoms with Crippen LogP contribution in [-0.2, 0) is 14.3 Å². The van der Waals surface area contributed by atoms with Gasteiger partial charge in [0.05, 0.1) is 12.6 Å². The van der Waals surface area contributed by atoms with Crippen LogP contribution in [0.5, 0.6) is 0 Å². The second kappa shape index (κ2) is 9.86. The van der Waals surface area contributed by atoms with Crippen molar-refractivity contribution < 1.29 is 27.9 Å². The lowest BCUT2D eigenvalue weighted by molar-refractivity contribution is -0.122. The normalized spacial score (nSPS) is 27.8. The third-order valence-electron chi connectivity index (χ3n) is 3.63. The topological polar surface area (TPSA) is 128 Å². The van der Waals surface area contributed by atoms with Crippen molar-refractivity contribution in [1.82, 2.24) is 10.2 Å². The fourth-order valence-corrected chi connectivity index (χ4v) is 2.49. The van der Waals surface area contributed by atoms with E-state index in [0.717, 1.165) is 4.90 Å². The predicted molar refractivity (Wildman–Crippen MR) is 93.2 cm³/mol. The highest BCUT2D eigenvalue weighted by Gasteiger charge is 2.40. The van der Waals surface area contributed by atoms with Crippen molar-refractivity contribution in [1.29, 1.82) is 0 Å². The number of carbonyl (C=O) groups excluding carboxylic acids is 3. The molecule has 0 aliphatic carbocycles. The van der Waals surface area contributed by atoms with Gasteiger partial charge in [-0.05, 0) is 20.8 Å². The zero-order valence-corrected chi connectivity index (χ0v) is 15.9. The van der Waals surface area contributed by atoms with E-state index in [1.807, 2.05) is 0 Å². The molecule has 0 spiro atoms. The quantitative estimate of drug-likeness (QED) is 0.618. The maximum Gasteiger partial charge on any atom is 0.411 e. The average molecular weight is 401 g/mol. The fraction of sp³-hybridized carbons (Fsp3) is 0.800. The van der Waals surface area contributed by atoms with E-state index in [4.69, 9.17) is 16.2 Å². The van der Waals surface area contributed by atoms with Gasteiger partial charge in [0, 0.05) is 19.4 Å². The van der Waals surface area contributed by atoms with E-state index in [1.54, 1.807) is 20.8 Å². The number of nitrogens with one attached hydrogen (secondary N) is 1. The van der Waals surface area contributed by atoms with E-state index < -0.39 is 47.9 Å². The number of likely N-dealkylation sites (tertiary alicyclic amines) is 1. The number of primary amides is 2. The molecule has 11 heteroatoms. The highest BCUT2D eigenvalue weighted by atomic mass is 35.5. The van der Waals surface area contributed by atoms with Gasteiger partial charge in [-0.3, -0.25) is 14.5 Å². The molecular formula is C15H27ClF2N4O4. The summed E-state index contributed by atoms with van der Waals surface area (Å²) >= 11 is 0. The minimum absolute atomic E-state index is 0. The smallest absolute Gasteiger partial charge is 0.411 e. The lowest BCUT2D eigenvalue weighted by atomic mass is 10.2. The van der Waals surface area contributed by atoms with Gasteiger partial charge in [-0.25, -0.2) is 13.6 Å². The second-order valence-electron chi connectivity index (χ2n) is 7.08. The third kappa shape index (κ3) is 7.69. The number of ether oxygens (including phenoxy) is 1. The molecule has 4 atom stereocenters. The first-order valence-corrected chi connectivity index (χ1v) is 8.00. The van der Waals surface area contributed by atoms with Gasteiger partial charge >= 0.3 is 6.09 Å². The van der Waals surface area contributed by atoms with Crippen molar-refractivity contribution in [2.24, 2.45) is 11.5 Å². The van der Waals surface area contributed by atoms with Crippen LogP contribution in [0.2, 0.25) is 0 Å². The van der Waals surface area contributed by atoms with Crippen molar-refractivity contribution in [3.63, 3.8) is 0 Å². The summed E-state index contributed by atoms with van der Waals surface area (Å²) in [7, 11) is 0. The Bertz CT molecular complexity index is 518. The molecule has 26 heavy (non-hydrogen) atoms. The standard InChI is InChI=1S/C10H17FN2O3.C5H9FN2O.ClH/c1-10(2,3)16-9(15)13-5-6(11)4-7(13)8(12)14;6-3-1-4(5(7)9)8-2-3;/h6-7H,4-5H2,1-3H3,(H2,12,14);3-4,8H,1-2H2,(H2,7,9);1H/t6-,7-;3-,4-;/m00./s1. The Kier molecular flexibility index (Phi) is 9.23. The Balaban J connectivity index is 0.000000532. The van der Waals surface area contributed by atoms with Gasteiger partial charge in [-0.15, -0.1) is 12.4 Å². The van der Waals surface area contributed by atoms with E-state index in [9.17, 15) is 23.2 Å². The Morgan fingerprint density at radius 2 is 1.65 bits per heavy atom. The maximum atomic E-state index is 13.1. The monoisotopic (exact) mass is 400 g/mol. The number of carbonyl (C=O) groups is 3. The van der Waals surface area contributed by atoms with Gasteiger partial charge in [0.15, 0.2) is 0 Å². The van der Waals surface area contributed by atoms with Crippen molar-refractivity contribution in [3.05, 3.63) is 0 Å². The molecule has 0 aromatic heterocycles. The Morgan fingerprint density at radius 3 is 2.00 bits per heavy atom. The van der Waals surface area contributed by atoms with Crippen LogP contribution >= 0.6 is 12.4 Å². The molecule has 2 heterocycles. The predicted octanol–water partition coefficient (Wildman–Crippen LogP) is 0.413. The zero-order valence-electron chi connectivity index (χ0n) is 15.0. The molecule has 152 valence electrons. The first kappa shape index (κ1) is 24.3. The van der Waals surface area contributed by atoms with E-state index in [-0.39, 0.29) is 38.3 Å². The van der Waals surface area contributed by atoms with Crippen LogP contribution in [0.3, 0.4) is 0 Å². The second-order valence-corrected chi connectivity index (χ2v) is 7.08. The Labute approximate surface area is 157 Å². The van der Waals surface area contributed by atoms with Gasteiger partial charge < -0.3 is 21.5 Å². The average Bonchev–Trinajstić information content (AvgIpc) is 3.03. The van der Waals surface area contributed by atoms with Crippen LogP contribution in [0.4, 0.5) is 13.6 Å². The number of rotatable bonds is 2. The van der Waals surface area contributed by atoms with Gasteiger partial charge in [0.1, 0.15) is 24.0 Å². The summed E-state index contributed by atoms with van der Waals surface area (Å²) in [5.41, 5.74) is 9.32. The Hall–Kier alpha value is -1.68. The number of hydrogen-bond acceptors (Lipinski definition) is 5. The Morgan fingerprint density at radius 1 is 1.08 bits per heavy atom. The summed E-state index contributed by atoms with van der Waals surface area (Å²) in [5.74, 6) is -1.17. The molecule has 2 rings (SSSR count). The largest absolute Gasteiger partial charge is 0.444 e. The van der Waals surface area contributed by atoms with Crippen LogP contribution < -0.4 is 16.8 Å². The van der Waals surface area contributed by atoms with Gasteiger partial charge in [-0.1, -0.05) is 0 Å². The summed E-state index contributed by atoms with van der Waals surface area (Å²) in [6.45, 7) is 5.23. The lowest BCUT2D eigenvalue weighted by Crippen LogP contribution is -2.45. The first-order chi connectivity index (χ1) is 11.4. The van der Waals surface area contributed by atoms with Crippen molar-refractivity contribution in [2.75, 3.05) is 13.1 Å². The van der Waals surface area contributed by atoms with Crippen LogP contribution in [0.1, 0.15) is 33.6 Å².